The first-order valence-electron chi connectivity index (χ1n) is 12.1. The molecule has 0 radical (unpaired) electrons. The average Bonchev–Trinajstić information content (AvgIpc) is 3.17. The number of halogens is 3. The molecule has 0 N–H and O–H groups in total. The molecule has 2 aliphatic rings. The van der Waals surface area contributed by atoms with Crippen LogP contribution < -0.4 is 9.80 Å². The molecule has 0 aliphatic carbocycles. The molecule has 178 valence electrons. The van der Waals surface area contributed by atoms with Crippen molar-refractivity contribution >= 4 is 22.9 Å². The van der Waals surface area contributed by atoms with E-state index in [-0.39, 0.29) is 17.5 Å². The van der Waals surface area contributed by atoms with E-state index in [9.17, 15) is 13.2 Å². The fraction of sp³-hybridized carbons (Fsp3) is 0.393. The van der Waals surface area contributed by atoms with E-state index in [1.807, 2.05) is 37.3 Å². The minimum Gasteiger partial charge on any atom is -0.316 e. The third-order valence-corrected chi connectivity index (χ3v) is 8.04. The van der Waals surface area contributed by atoms with E-state index in [4.69, 9.17) is 0 Å². The van der Waals surface area contributed by atoms with E-state index < -0.39 is 11.7 Å². The van der Waals surface area contributed by atoms with Gasteiger partial charge in [0, 0.05) is 28.9 Å². The van der Waals surface area contributed by atoms with Crippen molar-refractivity contribution in [1.82, 2.24) is 4.98 Å². The number of alkyl halides is 3. The van der Waals surface area contributed by atoms with Gasteiger partial charge in [-0.15, -0.1) is 0 Å². The van der Waals surface area contributed by atoms with Crippen LogP contribution in [0.2, 0.25) is 0 Å². The first-order valence-corrected chi connectivity index (χ1v) is 12.1. The topological polar surface area (TPSA) is 19.4 Å². The molecule has 2 aromatic carbocycles. The van der Waals surface area contributed by atoms with Crippen LogP contribution in [-0.4, -0.2) is 11.1 Å². The summed E-state index contributed by atoms with van der Waals surface area (Å²) in [5.74, 6) is 0.782. The van der Waals surface area contributed by atoms with Crippen molar-refractivity contribution in [2.24, 2.45) is 5.92 Å². The first kappa shape index (κ1) is 22.8. The molecule has 0 bridgehead atoms. The normalized spacial score (nSPS) is 20.7. The van der Waals surface area contributed by atoms with E-state index in [0.717, 1.165) is 42.4 Å². The van der Waals surface area contributed by atoms with Crippen LogP contribution in [0.1, 0.15) is 56.7 Å². The Morgan fingerprint density at radius 1 is 0.882 bits per heavy atom. The monoisotopic (exact) mass is 465 g/mol. The Morgan fingerprint density at radius 2 is 1.53 bits per heavy atom. The van der Waals surface area contributed by atoms with Gasteiger partial charge >= 0.3 is 6.18 Å². The number of fused-ring (bicyclic) bond motifs is 5. The number of anilines is 4. The Balaban J connectivity index is 1.85. The Morgan fingerprint density at radius 3 is 2.15 bits per heavy atom. The summed E-state index contributed by atoms with van der Waals surface area (Å²) in [6, 6.07) is 17.6. The van der Waals surface area contributed by atoms with E-state index in [1.54, 1.807) is 0 Å². The van der Waals surface area contributed by atoms with Gasteiger partial charge in [0.25, 0.3) is 0 Å². The summed E-state index contributed by atoms with van der Waals surface area (Å²) >= 11 is 0. The number of para-hydroxylation sites is 2. The molecule has 1 aromatic heterocycles. The summed E-state index contributed by atoms with van der Waals surface area (Å²) in [5, 5.41) is 0. The Labute approximate surface area is 199 Å². The maximum absolute atomic E-state index is 13.8. The lowest BCUT2D eigenvalue weighted by Crippen LogP contribution is -2.56. The van der Waals surface area contributed by atoms with Crippen molar-refractivity contribution in [1.29, 1.82) is 0 Å². The molecule has 34 heavy (non-hydrogen) atoms. The molecule has 0 amide bonds. The summed E-state index contributed by atoms with van der Waals surface area (Å²) in [4.78, 5) is 8.77. The van der Waals surface area contributed by atoms with Crippen LogP contribution in [-0.2, 0) is 11.6 Å². The van der Waals surface area contributed by atoms with Gasteiger partial charge in [0.2, 0.25) is 0 Å². The van der Waals surface area contributed by atoms with E-state index in [0.29, 0.717) is 11.5 Å². The molecular weight excluding hydrogens is 435 g/mol. The number of benzene rings is 2. The summed E-state index contributed by atoms with van der Waals surface area (Å²) < 4.78 is 41.3. The van der Waals surface area contributed by atoms with Gasteiger partial charge in [-0.1, -0.05) is 57.2 Å². The minimum absolute atomic E-state index is 0.0810. The van der Waals surface area contributed by atoms with Crippen molar-refractivity contribution in [3.05, 3.63) is 77.5 Å². The minimum atomic E-state index is -4.45. The smallest absolute Gasteiger partial charge is 0.316 e. The molecule has 0 fully saturated rings. The van der Waals surface area contributed by atoms with Crippen molar-refractivity contribution in [2.45, 2.75) is 64.7 Å². The maximum Gasteiger partial charge on any atom is 0.417 e. The number of aromatic nitrogens is 1. The highest BCUT2D eigenvalue weighted by Gasteiger charge is 2.55. The molecule has 5 rings (SSSR count). The van der Waals surface area contributed by atoms with Gasteiger partial charge in [-0.3, -0.25) is 0 Å². The van der Waals surface area contributed by atoms with Gasteiger partial charge < -0.3 is 9.80 Å². The standard InChI is InChI=1S/C28H30F3N3/c1-5-20-26-33(23-15-11-9-13-21(23)27(20,6-2)7-3)24-16-19(28(29,30)31)17-32-25(24)34(26)22-14-10-8-12-18(22)4/h8-17,20,26H,5-7H2,1-4H3. The number of nitrogens with zero attached hydrogens (tertiary/aromatic N) is 3. The molecule has 3 aromatic rings. The lowest BCUT2D eigenvalue weighted by atomic mass is 9.61. The highest BCUT2D eigenvalue weighted by molar-refractivity contribution is 5.89. The molecule has 0 saturated carbocycles. The fourth-order valence-corrected chi connectivity index (χ4v) is 6.42. The summed E-state index contributed by atoms with van der Waals surface area (Å²) in [7, 11) is 0. The largest absolute Gasteiger partial charge is 0.417 e. The van der Waals surface area contributed by atoms with Crippen LogP contribution in [0.3, 0.4) is 0 Å². The van der Waals surface area contributed by atoms with Gasteiger partial charge in [0.15, 0.2) is 5.82 Å². The second-order valence-electron chi connectivity index (χ2n) is 9.40. The van der Waals surface area contributed by atoms with Gasteiger partial charge in [0.05, 0.1) is 11.3 Å². The van der Waals surface area contributed by atoms with E-state index >= 15 is 0 Å². The number of pyridine rings is 1. The summed E-state index contributed by atoms with van der Waals surface area (Å²) in [5.41, 5.74) is 3.99. The van der Waals surface area contributed by atoms with Crippen LogP contribution in [0.5, 0.6) is 0 Å². The fourth-order valence-electron chi connectivity index (χ4n) is 6.42. The second kappa shape index (κ2) is 8.03. The first-order chi connectivity index (χ1) is 16.3. The van der Waals surface area contributed by atoms with Crippen molar-refractivity contribution < 1.29 is 13.2 Å². The Bertz CT molecular complexity index is 1220. The number of hydrogen-bond donors (Lipinski definition) is 0. The zero-order valence-electron chi connectivity index (χ0n) is 20.0. The van der Waals surface area contributed by atoms with Gasteiger partial charge in [-0.25, -0.2) is 4.98 Å². The third-order valence-electron chi connectivity index (χ3n) is 8.04. The Kier molecular flexibility index (Phi) is 5.38. The lowest BCUT2D eigenvalue weighted by molar-refractivity contribution is -0.137. The lowest BCUT2D eigenvalue weighted by Gasteiger charge is -2.53. The van der Waals surface area contributed by atoms with Crippen LogP contribution >= 0.6 is 0 Å². The summed E-state index contributed by atoms with van der Waals surface area (Å²) in [6.45, 7) is 8.72. The van der Waals surface area contributed by atoms with Crippen molar-refractivity contribution in [3.8, 4) is 0 Å². The van der Waals surface area contributed by atoms with Crippen molar-refractivity contribution in [3.63, 3.8) is 0 Å². The number of aryl methyl sites for hydroxylation is 1. The number of rotatable bonds is 4. The van der Waals surface area contributed by atoms with Crippen molar-refractivity contribution in [2.75, 3.05) is 9.80 Å². The van der Waals surface area contributed by atoms with E-state index in [2.05, 4.69) is 53.8 Å². The maximum atomic E-state index is 13.8. The molecule has 2 aliphatic heterocycles. The molecule has 0 spiro atoms. The zero-order valence-corrected chi connectivity index (χ0v) is 20.0. The van der Waals surface area contributed by atoms with Gasteiger partial charge in [-0.05, 0) is 55.5 Å². The molecule has 2 unspecified atom stereocenters. The van der Waals surface area contributed by atoms with Crippen LogP contribution in [0, 0.1) is 12.8 Å². The second-order valence-corrected chi connectivity index (χ2v) is 9.40. The molecule has 3 heterocycles. The molecule has 0 saturated heterocycles. The Hall–Kier alpha value is -3.02. The van der Waals surface area contributed by atoms with Crippen LogP contribution in [0.4, 0.5) is 36.1 Å². The number of hydrogen-bond acceptors (Lipinski definition) is 3. The predicted molar refractivity (Wildman–Crippen MR) is 131 cm³/mol. The van der Waals surface area contributed by atoms with Gasteiger partial charge in [-0.2, -0.15) is 13.2 Å². The molecular formula is C28H30F3N3. The van der Waals surface area contributed by atoms with E-state index in [1.165, 1.54) is 11.6 Å². The highest BCUT2D eigenvalue weighted by atomic mass is 19.4. The zero-order chi connectivity index (χ0) is 24.3. The quantitative estimate of drug-likeness (QED) is 0.388. The highest BCUT2D eigenvalue weighted by Crippen LogP contribution is 2.60. The SMILES string of the molecule is CCC1C2N(c3ccccc3C1(CC)CC)c1cc(C(F)(F)F)cnc1N2c1ccccc1C. The van der Waals surface area contributed by atoms with Crippen LogP contribution in [0.25, 0.3) is 0 Å². The molecule has 6 heteroatoms. The van der Waals surface area contributed by atoms with Crippen LogP contribution in [0.15, 0.2) is 60.8 Å². The molecule has 2 atom stereocenters. The van der Waals surface area contributed by atoms with Gasteiger partial charge in [0.1, 0.15) is 6.17 Å². The predicted octanol–water partition coefficient (Wildman–Crippen LogP) is 8.12. The average molecular weight is 466 g/mol. The molecule has 3 nitrogen and oxygen atoms in total. The summed E-state index contributed by atoms with van der Waals surface area (Å²) in [6.07, 6.45) is -0.816. The third kappa shape index (κ3) is 3.07.